The number of nitrogens with one attached hydrogen (secondary N) is 1. The summed E-state index contributed by atoms with van der Waals surface area (Å²) in [5.41, 5.74) is 0.601. The number of fused-ring (bicyclic) bond motifs is 3. The van der Waals surface area contributed by atoms with Gasteiger partial charge in [-0.1, -0.05) is 6.07 Å². The van der Waals surface area contributed by atoms with Crippen molar-refractivity contribution in [3.05, 3.63) is 47.9 Å². The van der Waals surface area contributed by atoms with Crippen LogP contribution < -0.4 is 10.2 Å². The highest BCUT2D eigenvalue weighted by Gasteiger charge is 2.40. The van der Waals surface area contributed by atoms with Crippen LogP contribution in [-0.4, -0.2) is 52.3 Å². The van der Waals surface area contributed by atoms with Crippen molar-refractivity contribution in [2.75, 3.05) is 23.4 Å². The van der Waals surface area contributed by atoms with Crippen molar-refractivity contribution in [2.45, 2.75) is 56.5 Å². The van der Waals surface area contributed by atoms with Crippen LogP contribution in [0.3, 0.4) is 0 Å². The number of hydrogen-bond donors (Lipinski definition) is 1. The van der Waals surface area contributed by atoms with Gasteiger partial charge in [0.15, 0.2) is 0 Å². The summed E-state index contributed by atoms with van der Waals surface area (Å²) in [6, 6.07) is 7.38. The lowest BCUT2D eigenvalue weighted by molar-refractivity contribution is -0.141. The topological polar surface area (TPSA) is 89.4 Å². The number of nitrogens with zero attached hydrogens (tertiary/aromatic N) is 4. The number of carbonyl (C=O) groups is 2. The van der Waals surface area contributed by atoms with Gasteiger partial charge in [0.2, 0.25) is 0 Å². The summed E-state index contributed by atoms with van der Waals surface area (Å²) in [4.78, 5) is 29.9. The maximum atomic E-state index is 13.1. The predicted molar refractivity (Wildman–Crippen MR) is 129 cm³/mol. The molecule has 2 saturated heterocycles. The molecule has 2 aromatic heterocycles. The molecule has 1 aromatic carbocycles. The molecule has 3 aliphatic rings. The van der Waals surface area contributed by atoms with Crippen LogP contribution >= 0.6 is 0 Å². The highest BCUT2D eigenvalue weighted by molar-refractivity contribution is 6.06. The number of ether oxygens (including phenoxy) is 1. The molecule has 6 rings (SSSR count). The summed E-state index contributed by atoms with van der Waals surface area (Å²) in [7, 11) is 0. The van der Waals surface area contributed by atoms with E-state index < -0.39 is 17.8 Å². The number of halogens is 3. The van der Waals surface area contributed by atoms with Gasteiger partial charge in [0.05, 0.1) is 41.7 Å². The average molecular weight is 514 g/mol. The number of pyridine rings is 1. The molecular weight excluding hydrogens is 487 g/mol. The zero-order chi connectivity index (χ0) is 25.7. The number of morpholine rings is 1. The number of aromatic nitrogens is 3. The zero-order valence-corrected chi connectivity index (χ0v) is 19.9. The number of carbonyl (C=O) groups excluding carboxylic acids is 2. The van der Waals surface area contributed by atoms with Crippen LogP contribution in [-0.2, 0) is 15.7 Å². The standard InChI is InChI=1S/C26H26F3N5O3/c27-26(28,29)24-3-1-2-20(30-24)25(36)31-22-8-16-11-34(17-6-4-15(13-35)5-7-17)32-21(16)10-23(22)33-12-19-9-18(33)14-37-19/h1-3,8,10-11,13,15,17-19H,4-7,9,12,14H2,(H,31,36)/t15?,17?,18-,19-/m0/s1. The molecule has 8 nitrogen and oxygen atoms in total. The van der Waals surface area contributed by atoms with Gasteiger partial charge in [-0.2, -0.15) is 18.3 Å². The van der Waals surface area contributed by atoms with Gasteiger partial charge in [0, 0.05) is 24.0 Å². The maximum absolute atomic E-state index is 13.1. The molecule has 0 unspecified atom stereocenters. The highest BCUT2D eigenvalue weighted by atomic mass is 19.4. The molecule has 1 aliphatic carbocycles. The summed E-state index contributed by atoms with van der Waals surface area (Å²) >= 11 is 0. The first-order valence-corrected chi connectivity index (χ1v) is 12.5. The average Bonchev–Trinajstić information content (AvgIpc) is 3.63. The Kier molecular flexibility index (Phi) is 5.89. The smallest absolute Gasteiger partial charge is 0.374 e. The van der Waals surface area contributed by atoms with Gasteiger partial charge in [0.1, 0.15) is 17.7 Å². The number of anilines is 2. The number of amides is 1. The third-order valence-corrected chi connectivity index (χ3v) is 7.68. The molecule has 3 aromatic rings. The second-order valence-electron chi connectivity index (χ2n) is 10.1. The lowest BCUT2D eigenvalue weighted by Crippen LogP contribution is -2.37. The number of benzene rings is 1. The van der Waals surface area contributed by atoms with E-state index in [0.29, 0.717) is 18.8 Å². The molecule has 37 heavy (non-hydrogen) atoms. The molecule has 0 spiro atoms. The molecule has 1 N–H and O–H groups in total. The van der Waals surface area contributed by atoms with E-state index >= 15 is 0 Å². The number of rotatable bonds is 5. The van der Waals surface area contributed by atoms with E-state index in [1.54, 1.807) is 0 Å². The predicted octanol–water partition coefficient (Wildman–Crippen LogP) is 4.61. The van der Waals surface area contributed by atoms with E-state index in [1.165, 1.54) is 12.1 Å². The Morgan fingerprint density at radius 3 is 2.62 bits per heavy atom. The highest BCUT2D eigenvalue weighted by Crippen LogP contribution is 2.40. The Morgan fingerprint density at radius 1 is 1.14 bits per heavy atom. The van der Waals surface area contributed by atoms with Gasteiger partial charge in [-0.05, 0) is 56.4 Å². The molecular formula is C26H26F3N5O3. The molecule has 11 heteroatoms. The van der Waals surface area contributed by atoms with E-state index in [9.17, 15) is 22.8 Å². The zero-order valence-electron chi connectivity index (χ0n) is 19.9. The van der Waals surface area contributed by atoms with Crippen LogP contribution in [0.4, 0.5) is 24.5 Å². The minimum atomic E-state index is -4.64. The molecule has 2 atom stereocenters. The van der Waals surface area contributed by atoms with Gasteiger partial charge in [-0.3, -0.25) is 9.48 Å². The first-order chi connectivity index (χ1) is 17.8. The summed E-state index contributed by atoms with van der Waals surface area (Å²) in [5, 5.41) is 8.44. The summed E-state index contributed by atoms with van der Waals surface area (Å²) in [6.07, 6.45) is 2.70. The Balaban J connectivity index is 1.34. The normalized spacial score (nSPS) is 25.5. The summed E-state index contributed by atoms with van der Waals surface area (Å²) < 4.78 is 47.1. The van der Waals surface area contributed by atoms with Crippen molar-refractivity contribution in [3.8, 4) is 0 Å². The van der Waals surface area contributed by atoms with Crippen molar-refractivity contribution in [3.63, 3.8) is 0 Å². The molecule has 3 fully saturated rings. The van der Waals surface area contributed by atoms with Crippen LogP contribution in [0.5, 0.6) is 0 Å². The van der Waals surface area contributed by atoms with Gasteiger partial charge < -0.3 is 19.7 Å². The fraction of sp³-hybridized carbons (Fsp3) is 0.462. The molecule has 1 saturated carbocycles. The number of alkyl halides is 3. The van der Waals surface area contributed by atoms with Crippen LogP contribution in [0.15, 0.2) is 36.5 Å². The van der Waals surface area contributed by atoms with Crippen molar-refractivity contribution in [1.29, 1.82) is 0 Å². The molecule has 0 radical (unpaired) electrons. The summed E-state index contributed by atoms with van der Waals surface area (Å²) in [5.74, 6) is -0.612. The van der Waals surface area contributed by atoms with E-state index in [1.807, 2.05) is 23.0 Å². The van der Waals surface area contributed by atoms with Gasteiger partial charge in [-0.15, -0.1) is 0 Å². The number of hydrogen-bond acceptors (Lipinski definition) is 6. The molecule has 4 heterocycles. The second-order valence-corrected chi connectivity index (χ2v) is 10.1. The molecule has 2 aliphatic heterocycles. The third-order valence-electron chi connectivity index (χ3n) is 7.68. The van der Waals surface area contributed by atoms with Crippen LogP contribution in [0.25, 0.3) is 10.9 Å². The van der Waals surface area contributed by atoms with Crippen molar-refractivity contribution >= 4 is 34.5 Å². The van der Waals surface area contributed by atoms with E-state index in [4.69, 9.17) is 9.84 Å². The van der Waals surface area contributed by atoms with E-state index in [-0.39, 0.29) is 29.8 Å². The molecule has 2 bridgehead atoms. The van der Waals surface area contributed by atoms with E-state index in [2.05, 4.69) is 15.2 Å². The van der Waals surface area contributed by atoms with Crippen molar-refractivity contribution < 1.29 is 27.5 Å². The lowest BCUT2D eigenvalue weighted by atomic mass is 9.87. The largest absolute Gasteiger partial charge is 0.433 e. The minimum absolute atomic E-state index is 0.104. The SMILES string of the molecule is O=CC1CCC(n2cc3cc(NC(=O)c4cccc(C(F)(F)F)n4)c(N4C[C@@H]5C[C@H]4CO5)cc3n2)CC1. The van der Waals surface area contributed by atoms with Crippen LogP contribution in [0.2, 0.25) is 0 Å². The number of aldehydes is 1. The first kappa shape index (κ1) is 23.9. The van der Waals surface area contributed by atoms with Gasteiger partial charge in [0.25, 0.3) is 5.91 Å². The van der Waals surface area contributed by atoms with Crippen molar-refractivity contribution in [2.24, 2.45) is 5.92 Å². The Morgan fingerprint density at radius 2 is 1.95 bits per heavy atom. The Hall–Kier alpha value is -3.47. The van der Waals surface area contributed by atoms with Crippen LogP contribution in [0.1, 0.15) is 54.3 Å². The first-order valence-electron chi connectivity index (χ1n) is 12.5. The quantitative estimate of drug-likeness (QED) is 0.502. The van der Waals surface area contributed by atoms with Crippen molar-refractivity contribution in [1.82, 2.24) is 14.8 Å². The second kappa shape index (κ2) is 9.13. The lowest BCUT2D eigenvalue weighted by Gasteiger charge is -2.30. The fourth-order valence-corrected chi connectivity index (χ4v) is 5.71. The minimum Gasteiger partial charge on any atom is -0.374 e. The third kappa shape index (κ3) is 4.56. The Labute approximate surface area is 210 Å². The van der Waals surface area contributed by atoms with Crippen LogP contribution in [0, 0.1) is 5.92 Å². The maximum Gasteiger partial charge on any atom is 0.433 e. The van der Waals surface area contributed by atoms with E-state index in [0.717, 1.165) is 61.0 Å². The molecule has 1 amide bonds. The fourth-order valence-electron chi connectivity index (χ4n) is 5.71. The molecule has 194 valence electrons. The summed E-state index contributed by atoms with van der Waals surface area (Å²) in [6.45, 7) is 1.25. The van der Waals surface area contributed by atoms with Gasteiger partial charge >= 0.3 is 6.18 Å². The Bertz CT molecular complexity index is 1350. The monoisotopic (exact) mass is 513 g/mol. The van der Waals surface area contributed by atoms with Gasteiger partial charge in [-0.25, -0.2) is 4.98 Å².